The molecule has 4 rings (SSSR count). The molecule has 2 aliphatic rings. The number of amidine groups is 1. The van der Waals surface area contributed by atoms with Gasteiger partial charge in [0.25, 0.3) is 5.91 Å². The van der Waals surface area contributed by atoms with Crippen LogP contribution in [0.25, 0.3) is 0 Å². The predicted octanol–water partition coefficient (Wildman–Crippen LogP) is 2.70. The first kappa shape index (κ1) is 19.2. The number of nitrogens with zero attached hydrogens (tertiary/aromatic N) is 3. The molecule has 0 bridgehead atoms. The SMILES string of the molecule is CC(=O)NC1=NN(C(C)=O)[C@@]2(S1)C(=O)N(Cc1ccccc1)c1ccc(C)cc12. The number of rotatable bonds is 2. The summed E-state index contributed by atoms with van der Waals surface area (Å²) in [4.78, 5) is 38.1. The summed E-state index contributed by atoms with van der Waals surface area (Å²) in [5.74, 6) is -0.945. The average Bonchev–Trinajstić information content (AvgIpc) is 3.15. The molecule has 0 saturated carbocycles. The van der Waals surface area contributed by atoms with Crippen molar-refractivity contribution in [1.82, 2.24) is 10.3 Å². The van der Waals surface area contributed by atoms with Crippen LogP contribution < -0.4 is 10.2 Å². The molecular formula is C21H20N4O3S. The average molecular weight is 408 g/mol. The van der Waals surface area contributed by atoms with Crippen molar-refractivity contribution >= 4 is 40.3 Å². The lowest BCUT2D eigenvalue weighted by Gasteiger charge is -2.29. The van der Waals surface area contributed by atoms with Gasteiger partial charge in [-0.15, -0.1) is 5.10 Å². The maximum atomic E-state index is 13.8. The van der Waals surface area contributed by atoms with E-state index in [4.69, 9.17) is 0 Å². The van der Waals surface area contributed by atoms with E-state index in [9.17, 15) is 14.4 Å². The summed E-state index contributed by atoms with van der Waals surface area (Å²) >= 11 is 1.09. The first-order valence-electron chi connectivity index (χ1n) is 9.16. The summed E-state index contributed by atoms with van der Waals surface area (Å²) in [5.41, 5.74) is 3.38. The lowest BCUT2D eigenvalue weighted by molar-refractivity contribution is -0.139. The summed E-state index contributed by atoms with van der Waals surface area (Å²) in [5, 5.41) is 8.31. The van der Waals surface area contributed by atoms with E-state index in [2.05, 4.69) is 10.4 Å². The summed E-state index contributed by atoms with van der Waals surface area (Å²) in [6, 6.07) is 15.4. The standard InChI is InChI=1S/C21H20N4O3S/c1-13-9-10-18-17(11-13)21(19(28)24(18)12-16-7-5-4-6-8-16)25(15(3)27)23-20(29-21)22-14(2)26/h4-11H,12H2,1-3H3,(H,22,23,26)/t21-/m0/s1. The van der Waals surface area contributed by atoms with Gasteiger partial charge in [0, 0.05) is 19.4 Å². The van der Waals surface area contributed by atoms with E-state index in [0.717, 1.165) is 28.6 Å². The Hall–Kier alpha value is -3.13. The molecular weight excluding hydrogens is 388 g/mol. The molecule has 7 nitrogen and oxygen atoms in total. The van der Waals surface area contributed by atoms with E-state index >= 15 is 0 Å². The van der Waals surface area contributed by atoms with E-state index in [0.29, 0.717) is 12.1 Å². The largest absolute Gasteiger partial charge is 0.304 e. The monoisotopic (exact) mass is 408 g/mol. The Morgan fingerprint density at radius 3 is 2.52 bits per heavy atom. The first-order chi connectivity index (χ1) is 13.8. The molecule has 0 radical (unpaired) electrons. The van der Waals surface area contributed by atoms with Crippen molar-refractivity contribution < 1.29 is 14.4 Å². The van der Waals surface area contributed by atoms with Crippen LogP contribution in [0, 0.1) is 6.92 Å². The van der Waals surface area contributed by atoms with Gasteiger partial charge in [0.15, 0.2) is 5.17 Å². The zero-order valence-corrected chi connectivity index (χ0v) is 17.1. The number of aryl methyl sites for hydroxylation is 1. The molecule has 0 fully saturated rings. The molecule has 2 aromatic rings. The highest BCUT2D eigenvalue weighted by molar-refractivity contribution is 8.15. The van der Waals surface area contributed by atoms with Gasteiger partial charge in [-0.25, -0.2) is 0 Å². The van der Waals surface area contributed by atoms with Crippen LogP contribution in [0.2, 0.25) is 0 Å². The van der Waals surface area contributed by atoms with Crippen LogP contribution in [0.5, 0.6) is 0 Å². The summed E-state index contributed by atoms with van der Waals surface area (Å²) in [6.45, 7) is 5.04. The smallest absolute Gasteiger partial charge is 0.271 e. The van der Waals surface area contributed by atoms with E-state index in [-0.39, 0.29) is 22.9 Å². The third-order valence-corrected chi connectivity index (χ3v) is 6.08. The fourth-order valence-electron chi connectivity index (χ4n) is 3.65. The zero-order chi connectivity index (χ0) is 20.8. The van der Waals surface area contributed by atoms with Crippen molar-refractivity contribution in [3.8, 4) is 0 Å². The predicted molar refractivity (Wildman–Crippen MR) is 112 cm³/mol. The van der Waals surface area contributed by atoms with Crippen LogP contribution in [0.1, 0.15) is 30.5 Å². The van der Waals surface area contributed by atoms with Gasteiger partial charge < -0.3 is 10.2 Å². The lowest BCUT2D eigenvalue weighted by atomic mass is 10.0. The number of hydrogen-bond acceptors (Lipinski definition) is 5. The van der Waals surface area contributed by atoms with Crippen LogP contribution in [0.4, 0.5) is 5.69 Å². The van der Waals surface area contributed by atoms with Gasteiger partial charge in [-0.3, -0.25) is 14.4 Å². The number of fused-ring (bicyclic) bond motifs is 2. The number of hydrogen-bond donors (Lipinski definition) is 1. The molecule has 3 amide bonds. The number of hydrazone groups is 1. The minimum absolute atomic E-state index is 0.232. The van der Waals surface area contributed by atoms with Crippen molar-refractivity contribution in [3.05, 3.63) is 65.2 Å². The van der Waals surface area contributed by atoms with Crippen LogP contribution >= 0.6 is 11.8 Å². The van der Waals surface area contributed by atoms with E-state index in [1.807, 2.05) is 55.5 Å². The molecule has 1 atom stereocenters. The third kappa shape index (κ3) is 3.09. The number of benzene rings is 2. The number of thioether (sulfide) groups is 1. The Bertz CT molecular complexity index is 1050. The van der Waals surface area contributed by atoms with Gasteiger partial charge in [-0.05, 0) is 30.3 Å². The van der Waals surface area contributed by atoms with Crippen molar-refractivity contribution in [3.63, 3.8) is 0 Å². The molecule has 2 aliphatic heterocycles. The molecule has 1 N–H and O–H groups in total. The van der Waals surface area contributed by atoms with E-state index < -0.39 is 4.87 Å². The molecule has 2 aromatic carbocycles. The second-order valence-corrected chi connectivity index (χ2v) is 8.24. The Labute approximate surface area is 172 Å². The van der Waals surface area contributed by atoms with Gasteiger partial charge in [0.2, 0.25) is 16.7 Å². The molecule has 0 aliphatic carbocycles. The van der Waals surface area contributed by atoms with Crippen molar-refractivity contribution in [1.29, 1.82) is 0 Å². The third-order valence-electron chi connectivity index (χ3n) is 4.84. The Kier molecular flexibility index (Phi) is 4.66. The number of carbonyl (C=O) groups is 3. The van der Waals surface area contributed by atoms with Crippen LogP contribution in [0.3, 0.4) is 0 Å². The van der Waals surface area contributed by atoms with E-state index in [1.165, 1.54) is 18.9 Å². The molecule has 8 heteroatoms. The number of anilines is 1. The van der Waals surface area contributed by atoms with Crippen molar-refractivity contribution in [2.24, 2.45) is 5.10 Å². The number of carbonyl (C=O) groups excluding carboxylic acids is 3. The second kappa shape index (κ2) is 7.04. The quantitative estimate of drug-likeness (QED) is 0.828. The molecule has 1 spiro atoms. The van der Waals surface area contributed by atoms with Gasteiger partial charge in [0.1, 0.15) is 0 Å². The Morgan fingerprint density at radius 1 is 1.14 bits per heavy atom. The maximum Gasteiger partial charge on any atom is 0.271 e. The van der Waals surface area contributed by atoms with Crippen LogP contribution in [0.15, 0.2) is 53.6 Å². The topological polar surface area (TPSA) is 82.1 Å². The fraction of sp³-hybridized carbons (Fsp3) is 0.238. The zero-order valence-electron chi connectivity index (χ0n) is 16.3. The molecule has 0 unspecified atom stereocenters. The molecule has 0 aromatic heterocycles. The van der Waals surface area contributed by atoms with Gasteiger partial charge in [0.05, 0.1) is 12.2 Å². The number of amides is 3. The lowest BCUT2D eigenvalue weighted by Crippen LogP contribution is -2.48. The highest BCUT2D eigenvalue weighted by Gasteiger charge is 2.61. The molecule has 0 saturated heterocycles. The maximum absolute atomic E-state index is 13.8. The Balaban J connectivity index is 1.83. The summed E-state index contributed by atoms with van der Waals surface area (Å²) in [7, 11) is 0. The van der Waals surface area contributed by atoms with Crippen molar-refractivity contribution in [2.75, 3.05) is 4.90 Å². The van der Waals surface area contributed by atoms with E-state index in [1.54, 1.807) is 4.90 Å². The summed E-state index contributed by atoms with van der Waals surface area (Å²) < 4.78 is 0. The van der Waals surface area contributed by atoms with Crippen LogP contribution in [-0.4, -0.2) is 27.9 Å². The van der Waals surface area contributed by atoms with Crippen LogP contribution in [-0.2, 0) is 25.8 Å². The highest BCUT2D eigenvalue weighted by atomic mass is 32.2. The van der Waals surface area contributed by atoms with Crippen molar-refractivity contribution in [2.45, 2.75) is 32.2 Å². The normalized spacial score (nSPS) is 20.1. The number of nitrogens with one attached hydrogen (secondary N) is 1. The summed E-state index contributed by atoms with van der Waals surface area (Å²) in [6.07, 6.45) is 0. The van der Waals surface area contributed by atoms with Gasteiger partial charge in [-0.1, -0.05) is 48.0 Å². The minimum Gasteiger partial charge on any atom is -0.304 e. The molecule has 148 valence electrons. The Morgan fingerprint density at radius 2 is 1.86 bits per heavy atom. The molecule has 2 heterocycles. The highest BCUT2D eigenvalue weighted by Crippen LogP contribution is 2.54. The fourth-order valence-corrected chi connectivity index (χ4v) is 4.97. The van der Waals surface area contributed by atoms with Gasteiger partial charge >= 0.3 is 0 Å². The minimum atomic E-state index is -1.36. The molecule has 29 heavy (non-hydrogen) atoms. The second-order valence-electron chi connectivity index (χ2n) is 7.06. The first-order valence-corrected chi connectivity index (χ1v) is 9.97. The van der Waals surface area contributed by atoms with Gasteiger partial charge in [-0.2, -0.15) is 5.01 Å².